The number of aromatic nitrogens is 10. The monoisotopic (exact) mass is 1550 g/mol. The van der Waals surface area contributed by atoms with Crippen LogP contribution in [0.25, 0.3) is 233 Å². The van der Waals surface area contributed by atoms with Crippen LogP contribution in [0.4, 0.5) is 0 Å². The maximum atomic E-state index is 5.15. The van der Waals surface area contributed by atoms with Gasteiger partial charge in [0.05, 0.1) is 22.1 Å². The first-order valence-electron chi connectivity index (χ1n) is 41.1. The van der Waals surface area contributed by atoms with Crippen LogP contribution < -0.4 is 0 Å². The Morgan fingerprint density at radius 1 is 0.148 bits per heavy atom. The SMILES string of the molecule is c1ccc(-c2ccc(-c3nc(-c4ccc(-c5ccccc5)cc4)nc(-c4ccc(-c5ccc6c(c5)c5c7ccccc7ccc5c5nc7ccccn7c65)cc4)n3)cc2)cc1.c1ccc(-c2cccc(-c3nc(-c4ccc(-c5ccc6c(c5)c5c7ccccc7ccc5c5nc7ccccn7c65)cc4)nc(-c4cccc(-c5ccccc5)c4)n3)c2)cc1. The lowest BCUT2D eigenvalue weighted by atomic mass is 9.92. The first-order valence-corrected chi connectivity index (χ1v) is 41.1. The molecule has 0 unspecified atom stereocenters. The van der Waals surface area contributed by atoms with E-state index in [9.17, 15) is 0 Å². The predicted octanol–water partition coefficient (Wildman–Crippen LogP) is 28.3. The molecule has 122 heavy (non-hydrogen) atoms. The van der Waals surface area contributed by atoms with Crippen molar-refractivity contribution in [3.8, 4) is 135 Å². The van der Waals surface area contributed by atoms with Gasteiger partial charge in [-0.25, -0.2) is 39.9 Å². The lowest BCUT2D eigenvalue weighted by Crippen LogP contribution is -2.00. The molecule has 0 atom stereocenters. The van der Waals surface area contributed by atoms with E-state index in [0.717, 1.165) is 133 Å². The van der Waals surface area contributed by atoms with Crippen molar-refractivity contribution in [1.82, 2.24) is 48.7 Å². The van der Waals surface area contributed by atoms with Gasteiger partial charge in [-0.1, -0.05) is 364 Å². The summed E-state index contributed by atoms with van der Waals surface area (Å²) in [5, 5.41) is 14.4. The van der Waals surface area contributed by atoms with Gasteiger partial charge in [-0.3, -0.25) is 8.80 Å². The number of nitrogens with zero attached hydrogens (tertiary/aromatic N) is 10. The Kier molecular flexibility index (Phi) is 17.3. The van der Waals surface area contributed by atoms with Crippen LogP contribution in [0.5, 0.6) is 0 Å². The number of hydrogen-bond acceptors (Lipinski definition) is 8. The Morgan fingerprint density at radius 2 is 0.402 bits per heavy atom. The van der Waals surface area contributed by atoms with Gasteiger partial charge in [-0.2, -0.15) is 0 Å². The van der Waals surface area contributed by atoms with Crippen LogP contribution in [0.2, 0.25) is 0 Å². The van der Waals surface area contributed by atoms with Gasteiger partial charge in [0.1, 0.15) is 11.3 Å². The van der Waals surface area contributed by atoms with Crippen molar-refractivity contribution in [2.24, 2.45) is 0 Å². The second-order valence-electron chi connectivity index (χ2n) is 31.0. The molecule has 0 aliphatic carbocycles. The van der Waals surface area contributed by atoms with Gasteiger partial charge in [-0.05, 0) is 158 Å². The molecule has 18 aromatic carbocycles. The highest BCUT2D eigenvalue weighted by molar-refractivity contribution is 6.32. The molecule has 0 radical (unpaired) electrons. The van der Waals surface area contributed by atoms with Gasteiger partial charge >= 0.3 is 0 Å². The summed E-state index contributed by atoms with van der Waals surface area (Å²) in [4.78, 5) is 40.9. The van der Waals surface area contributed by atoms with E-state index in [2.05, 4.69) is 397 Å². The van der Waals surface area contributed by atoms with Crippen molar-refractivity contribution >= 4 is 98.0 Å². The summed E-state index contributed by atoms with van der Waals surface area (Å²) in [6.07, 6.45) is 4.22. The number of hydrogen-bond donors (Lipinski definition) is 0. The Balaban J connectivity index is 0.000000142. The molecule has 568 valence electrons. The largest absolute Gasteiger partial charge is 0.299 e. The molecule has 10 nitrogen and oxygen atoms in total. The summed E-state index contributed by atoms with van der Waals surface area (Å²) in [6.45, 7) is 0. The number of imidazole rings is 2. The molecule has 0 aliphatic heterocycles. The van der Waals surface area contributed by atoms with Crippen molar-refractivity contribution in [1.29, 1.82) is 0 Å². The van der Waals surface area contributed by atoms with Crippen molar-refractivity contribution < 1.29 is 0 Å². The molecule has 10 heteroatoms. The summed E-state index contributed by atoms with van der Waals surface area (Å²) in [7, 11) is 0. The van der Waals surface area contributed by atoms with Crippen LogP contribution in [0, 0.1) is 0 Å². The van der Waals surface area contributed by atoms with E-state index in [1.807, 2.05) is 36.4 Å². The van der Waals surface area contributed by atoms with E-state index in [4.69, 9.17) is 39.9 Å². The summed E-state index contributed by atoms with van der Waals surface area (Å²) in [5.41, 5.74) is 25.3. The normalized spacial score (nSPS) is 11.6. The lowest BCUT2D eigenvalue weighted by molar-refractivity contribution is 1.07. The van der Waals surface area contributed by atoms with Crippen molar-refractivity contribution in [2.45, 2.75) is 0 Å². The zero-order chi connectivity index (χ0) is 80.6. The fourth-order valence-electron chi connectivity index (χ4n) is 17.6. The third-order valence-electron chi connectivity index (χ3n) is 23.7. The smallest absolute Gasteiger partial charge is 0.164 e. The molecule has 0 saturated carbocycles. The topological polar surface area (TPSA) is 112 Å². The Hall–Kier alpha value is -16.6. The molecule has 24 rings (SSSR count). The van der Waals surface area contributed by atoms with Crippen LogP contribution in [0.1, 0.15) is 0 Å². The Bertz CT molecular complexity index is 8000. The van der Waals surface area contributed by atoms with E-state index in [-0.39, 0.29) is 0 Å². The van der Waals surface area contributed by atoms with E-state index in [1.165, 1.54) is 65.0 Å². The summed E-state index contributed by atoms with van der Waals surface area (Å²) in [6, 6.07) is 145. The molecule has 6 aromatic heterocycles. The minimum atomic E-state index is 0.618. The van der Waals surface area contributed by atoms with Crippen molar-refractivity contribution in [2.75, 3.05) is 0 Å². The van der Waals surface area contributed by atoms with Gasteiger partial charge in [0, 0.05) is 67.3 Å². The van der Waals surface area contributed by atoms with Gasteiger partial charge in [-0.15, -0.1) is 0 Å². The summed E-state index contributed by atoms with van der Waals surface area (Å²) < 4.78 is 4.43. The highest BCUT2D eigenvalue weighted by Gasteiger charge is 2.23. The van der Waals surface area contributed by atoms with Gasteiger partial charge in [0.25, 0.3) is 0 Å². The van der Waals surface area contributed by atoms with Crippen LogP contribution in [0.15, 0.2) is 425 Å². The molecule has 0 aliphatic rings. The fraction of sp³-hybridized carbons (Fsp3) is 0. The maximum Gasteiger partial charge on any atom is 0.164 e. The Labute approximate surface area is 702 Å². The molecule has 0 saturated heterocycles. The highest BCUT2D eigenvalue weighted by Crippen LogP contribution is 2.45. The first kappa shape index (κ1) is 70.8. The van der Waals surface area contributed by atoms with E-state index < -0.39 is 0 Å². The molecule has 6 heterocycles. The second-order valence-corrected chi connectivity index (χ2v) is 31.0. The minimum Gasteiger partial charge on any atom is -0.299 e. The zero-order valence-electron chi connectivity index (χ0n) is 65.9. The highest BCUT2D eigenvalue weighted by atomic mass is 15.0. The molecule has 24 aromatic rings. The molecular weight excluding hydrogens is 1490 g/mol. The molecule has 0 spiro atoms. The predicted molar refractivity (Wildman–Crippen MR) is 502 cm³/mol. The van der Waals surface area contributed by atoms with Gasteiger partial charge < -0.3 is 0 Å². The second kappa shape index (κ2) is 29.9. The summed E-state index contributed by atoms with van der Waals surface area (Å²) in [5.74, 6) is 3.74. The number of pyridine rings is 2. The number of fused-ring (bicyclic) bond motifs is 20. The van der Waals surface area contributed by atoms with Crippen molar-refractivity contribution in [3.05, 3.63) is 425 Å². The van der Waals surface area contributed by atoms with Crippen LogP contribution in [-0.2, 0) is 0 Å². The van der Waals surface area contributed by atoms with E-state index in [1.54, 1.807) is 0 Å². The molecule has 0 N–H and O–H groups in total. The molecule has 0 fully saturated rings. The van der Waals surface area contributed by atoms with Crippen molar-refractivity contribution in [3.63, 3.8) is 0 Å². The van der Waals surface area contributed by atoms with Crippen LogP contribution in [-0.4, -0.2) is 48.7 Å². The molecular formula is C112H70N10. The minimum absolute atomic E-state index is 0.618. The van der Waals surface area contributed by atoms with Crippen LogP contribution in [0.3, 0.4) is 0 Å². The third-order valence-corrected chi connectivity index (χ3v) is 23.7. The van der Waals surface area contributed by atoms with E-state index >= 15 is 0 Å². The molecule has 0 amide bonds. The molecule has 0 bridgehead atoms. The fourth-order valence-corrected chi connectivity index (χ4v) is 17.6. The lowest BCUT2D eigenvalue weighted by Gasteiger charge is -2.13. The van der Waals surface area contributed by atoms with Crippen LogP contribution >= 0.6 is 0 Å². The third kappa shape index (κ3) is 12.8. The van der Waals surface area contributed by atoms with Gasteiger partial charge in [0.15, 0.2) is 34.9 Å². The van der Waals surface area contributed by atoms with Gasteiger partial charge in [0.2, 0.25) is 0 Å². The first-order chi connectivity index (χ1) is 60.4. The summed E-state index contributed by atoms with van der Waals surface area (Å²) >= 11 is 0. The quantitative estimate of drug-likeness (QED) is 0.111. The zero-order valence-corrected chi connectivity index (χ0v) is 65.9. The average Bonchev–Trinajstić information content (AvgIpc) is 1.47. The Morgan fingerprint density at radius 3 is 0.762 bits per heavy atom. The maximum absolute atomic E-state index is 5.15. The van der Waals surface area contributed by atoms with E-state index in [0.29, 0.717) is 34.9 Å². The number of rotatable bonds is 12. The standard InChI is InChI=1S/2C56H35N5/c1-3-13-36(14-4-1)41-18-11-20-44(33-41)55-58-54(59-56(60-55)45-21-12-19-42(34-45)37-15-5-2-6-16-37)40-26-24-38(25-27-40)43-29-30-47-49(35-43)51-46-22-8-7-17-39(46)28-31-48(51)52-53(47)61-32-10-9-23-50(61)57-52;1-3-11-36(12-4-1)38-18-24-42(25-19-38)54-58-55(43-26-20-39(21-27-43)37-13-5-2-6-14-37)60-56(59-54)44-28-22-40(23-29-44)45-31-32-47-49(35-45)51-46-16-8-7-15-41(46)30-33-48(51)52-53(47)61-34-10-9-17-50(61)57-52/h2*1-35H. The number of benzene rings is 18. The average molecular weight is 1560 g/mol.